The molecule has 2 nitrogen and oxygen atoms in total. The number of hydrogen-bond donors (Lipinski definition) is 0. The number of aryl methyl sites for hydroxylation is 4. The van der Waals surface area contributed by atoms with Crippen molar-refractivity contribution < 1.29 is 0 Å². The minimum atomic E-state index is 0.996. The second-order valence-corrected chi connectivity index (χ2v) is 7.78. The van der Waals surface area contributed by atoms with Crippen LogP contribution in [0.4, 0.5) is 0 Å². The predicted molar refractivity (Wildman–Crippen MR) is 142 cm³/mol. The number of aromatic nitrogens is 2. The smallest absolute Gasteiger partial charge is 0.145 e. The summed E-state index contributed by atoms with van der Waals surface area (Å²) in [5, 5.41) is 3.87. The summed E-state index contributed by atoms with van der Waals surface area (Å²) in [6.07, 6.45) is 3.05. The lowest BCUT2D eigenvalue weighted by Gasteiger charge is -2.15. The molecule has 2 aromatic heterocycles. The van der Waals surface area contributed by atoms with Gasteiger partial charge in [0.25, 0.3) is 0 Å². The first-order valence-electron chi connectivity index (χ1n) is 12.0. The highest BCUT2D eigenvalue weighted by molar-refractivity contribution is 6.13. The molecular formula is C30H36N2. The largest absolute Gasteiger partial charge is 0.292 e. The Labute approximate surface area is 192 Å². The van der Waals surface area contributed by atoms with E-state index in [0.717, 1.165) is 12.1 Å². The van der Waals surface area contributed by atoms with Crippen molar-refractivity contribution in [1.82, 2.24) is 9.38 Å². The summed E-state index contributed by atoms with van der Waals surface area (Å²) < 4.78 is 2.37. The van der Waals surface area contributed by atoms with E-state index in [-0.39, 0.29) is 0 Å². The molecule has 0 aliphatic rings. The van der Waals surface area contributed by atoms with E-state index >= 15 is 0 Å². The fourth-order valence-electron chi connectivity index (χ4n) is 4.61. The molecule has 3 aromatic carbocycles. The van der Waals surface area contributed by atoms with Gasteiger partial charge in [0.1, 0.15) is 5.65 Å². The van der Waals surface area contributed by atoms with Crippen LogP contribution in [0.15, 0.2) is 60.8 Å². The summed E-state index contributed by atoms with van der Waals surface area (Å²) in [7, 11) is 0. The molecule has 0 saturated heterocycles. The lowest BCUT2D eigenvalue weighted by atomic mass is 9.98. The maximum absolute atomic E-state index is 4.95. The molecule has 5 rings (SSSR count). The van der Waals surface area contributed by atoms with Crippen LogP contribution in [0.1, 0.15) is 56.9 Å². The third kappa shape index (κ3) is 3.79. The molecular weight excluding hydrogens is 388 g/mol. The highest BCUT2D eigenvalue weighted by Crippen LogP contribution is 2.36. The SMILES string of the molecule is CC.CC.CCc1cccc2c3cc(C)ccc3n3c(-c4c(C)cccc4C)cnc3c12. The van der Waals surface area contributed by atoms with E-state index in [1.807, 2.05) is 27.7 Å². The van der Waals surface area contributed by atoms with E-state index in [1.165, 1.54) is 55.2 Å². The number of benzene rings is 3. The molecule has 2 heteroatoms. The number of rotatable bonds is 2. The molecule has 166 valence electrons. The summed E-state index contributed by atoms with van der Waals surface area (Å²) in [6.45, 7) is 16.8. The Hall–Kier alpha value is -3.13. The van der Waals surface area contributed by atoms with Gasteiger partial charge in [-0.2, -0.15) is 0 Å². The Morgan fingerprint density at radius 1 is 0.781 bits per heavy atom. The standard InChI is InChI=1S/C26H24N2.2C2H6/c1-5-19-10-7-11-20-21-14-16(2)12-13-22(21)28-23(15-27-26(28)25(19)20)24-17(3)8-6-9-18(24)4;2*1-2/h6-15H,5H2,1-4H3;2*1-2H3. The molecule has 2 heterocycles. The number of hydrogen-bond acceptors (Lipinski definition) is 1. The van der Waals surface area contributed by atoms with E-state index in [9.17, 15) is 0 Å². The molecule has 0 N–H and O–H groups in total. The average molecular weight is 425 g/mol. The second kappa shape index (κ2) is 9.99. The van der Waals surface area contributed by atoms with Crippen LogP contribution in [0.5, 0.6) is 0 Å². The van der Waals surface area contributed by atoms with Gasteiger partial charge in [-0.05, 0) is 61.4 Å². The minimum absolute atomic E-state index is 0.996. The topological polar surface area (TPSA) is 17.3 Å². The van der Waals surface area contributed by atoms with Crippen LogP contribution >= 0.6 is 0 Å². The molecule has 0 aliphatic carbocycles. The van der Waals surface area contributed by atoms with Crippen LogP contribution in [0.2, 0.25) is 0 Å². The fourth-order valence-corrected chi connectivity index (χ4v) is 4.61. The van der Waals surface area contributed by atoms with E-state index < -0.39 is 0 Å². The van der Waals surface area contributed by atoms with Crippen LogP contribution in [0.25, 0.3) is 38.6 Å². The maximum atomic E-state index is 4.95. The summed E-state index contributed by atoms with van der Waals surface area (Å²) in [5.74, 6) is 0. The molecule has 32 heavy (non-hydrogen) atoms. The molecule has 0 amide bonds. The Balaban J connectivity index is 0.000000686. The van der Waals surface area contributed by atoms with E-state index in [0.29, 0.717) is 0 Å². The van der Waals surface area contributed by atoms with Crippen LogP contribution in [-0.2, 0) is 6.42 Å². The number of imidazole rings is 1. The second-order valence-electron chi connectivity index (χ2n) is 7.78. The highest BCUT2D eigenvalue weighted by Gasteiger charge is 2.18. The Morgan fingerprint density at radius 3 is 2.09 bits per heavy atom. The Kier molecular flexibility index (Phi) is 7.35. The van der Waals surface area contributed by atoms with Gasteiger partial charge in [0.05, 0.1) is 17.4 Å². The van der Waals surface area contributed by atoms with Crippen molar-refractivity contribution >= 4 is 27.3 Å². The number of pyridine rings is 1. The zero-order chi connectivity index (χ0) is 23.4. The zero-order valence-corrected chi connectivity index (χ0v) is 20.9. The van der Waals surface area contributed by atoms with Gasteiger partial charge in [-0.25, -0.2) is 4.98 Å². The molecule has 5 aromatic rings. The van der Waals surface area contributed by atoms with Crippen molar-refractivity contribution in [3.05, 3.63) is 83.0 Å². The third-order valence-corrected chi connectivity index (χ3v) is 5.94. The van der Waals surface area contributed by atoms with Crippen molar-refractivity contribution in [3.8, 4) is 11.3 Å². The van der Waals surface area contributed by atoms with Gasteiger partial charge in [0, 0.05) is 16.3 Å². The van der Waals surface area contributed by atoms with Crippen LogP contribution < -0.4 is 0 Å². The fraction of sp³-hybridized carbons (Fsp3) is 0.300. The van der Waals surface area contributed by atoms with Crippen LogP contribution in [0.3, 0.4) is 0 Å². The first-order chi connectivity index (χ1) is 15.6. The van der Waals surface area contributed by atoms with Gasteiger partial charge in [-0.3, -0.25) is 4.40 Å². The molecule has 0 radical (unpaired) electrons. The third-order valence-electron chi connectivity index (χ3n) is 5.94. The summed E-state index contributed by atoms with van der Waals surface area (Å²) in [6, 6.07) is 19.9. The van der Waals surface area contributed by atoms with Gasteiger partial charge in [0.15, 0.2) is 0 Å². The highest BCUT2D eigenvalue weighted by atomic mass is 15.0. The molecule has 0 fully saturated rings. The summed E-state index contributed by atoms with van der Waals surface area (Å²) in [4.78, 5) is 4.95. The first kappa shape index (κ1) is 23.5. The van der Waals surface area contributed by atoms with E-state index in [2.05, 4.69) is 92.9 Å². The lowest BCUT2D eigenvalue weighted by molar-refractivity contribution is 1.15. The summed E-state index contributed by atoms with van der Waals surface area (Å²) >= 11 is 0. The molecule has 0 spiro atoms. The molecule has 0 aliphatic heterocycles. The van der Waals surface area contributed by atoms with Crippen molar-refractivity contribution in [2.45, 2.75) is 61.8 Å². The zero-order valence-electron chi connectivity index (χ0n) is 20.9. The van der Waals surface area contributed by atoms with E-state index in [4.69, 9.17) is 4.98 Å². The normalized spacial score (nSPS) is 10.6. The number of nitrogens with zero attached hydrogens (tertiary/aromatic N) is 2. The van der Waals surface area contributed by atoms with E-state index in [1.54, 1.807) is 0 Å². The molecule has 0 atom stereocenters. The Morgan fingerprint density at radius 2 is 1.44 bits per heavy atom. The first-order valence-corrected chi connectivity index (χ1v) is 12.0. The van der Waals surface area contributed by atoms with Gasteiger partial charge >= 0.3 is 0 Å². The van der Waals surface area contributed by atoms with Gasteiger partial charge in [0.2, 0.25) is 0 Å². The van der Waals surface area contributed by atoms with Gasteiger partial charge in [-0.1, -0.05) is 82.6 Å². The van der Waals surface area contributed by atoms with Crippen molar-refractivity contribution in [3.63, 3.8) is 0 Å². The summed E-state index contributed by atoms with van der Waals surface area (Å²) in [5.41, 5.74) is 9.93. The van der Waals surface area contributed by atoms with Crippen LogP contribution in [-0.4, -0.2) is 9.38 Å². The lowest BCUT2D eigenvalue weighted by Crippen LogP contribution is -1.98. The average Bonchev–Trinajstić information content (AvgIpc) is 3.26. The van der Waals surface area contributed by atoms with Crippen molar-refractivity contribution in [2.24, 2.45) is 0 Å². The van der Waals surface area contributed by atoms with Crippen molar-refractivity contribution in [2.75, 3.05) is 0 Å². The van der Waals surface area contributed by atoms with Crippen LogP contribution in [0, 0.1) is 20.8 Å². The molecule has 0 unspecified atom stereocenters. The molecule has 0 bridgehead atoms. The maximum Gasteiger partial charge on any atom is 0.145 e. The van der Waals surface area contributed by atoms with Crippen molar-refractivity contribution in [1.29, 1.82) is 0 Å². The monoisotopic (exact) mass is 424 g/mol. The number of fused-ring (bicyclic) bond motifs is 6. The molecule has 0 saturated carbocycles. The quantitative estimate of drug-likeness (QED) is 0.259. The van der Waals surface area contributed by atoms with Gasteiger partial charge < -0.3 is 0 Å². The minimum Gasteiger partial charge on any atom is -0.292 e. The Bertz CT molecular complexity index is 1350. The van der Waals surface area contributed by atoms with Gasteiger partial charge in [-0.15, -0.1) is 0 Å². The predicted octanol–water partition coefficient (Wildman–Crippen LogP) is 8.85.